The molecule has 0 atom stereocenters. The van der Waals surface area contributed by atoms with Gasteiger partial charge in [-0.25, -0.2) is 0 Å². The third-order valence-corrected chi connectivity index (χ3v) is 2.61. The van der Waals surface area contributed by atoms with Crippen LogP contribution in [0.25, 0.3) is 17.0 Å². The predicted molar refractivity (Wildman–Crippen MR) is 84.4 cm³/mol. The molecule has 22 heavy (non-hydrogen) atoms. The molecule has 1 N–H and O–H groups in total. The second-order valence-electron chi connectivity index (χ2n) is 4.15. The average Bonchev–Trinajstić information content (AvgIpc) is 2.58. The second-order valence-corrected chi connectivity index (χ2v) is 4.15. The van der Waals surface area contributed by atoms with E-state index in [2.05, 4.69) is 22.6 Å². The molecule has 3 aromatic rings. The van der Waals surface area contributed by atoms with Crippen molar-refractivity contribution in [2.75, 3.05) is 0 Å². The van der Waals surface area contributed by atoms with Crippen molar-refractivity contribution in [2.24, 2.45) is 0 Å². The molecule has 0 unspecified atom stereocenters. The zero-order chi connectivity index (χ0) is 14.9. The van der Waals surface area contributed by atoms with Gasteiger partial charge in [0.05, 0.1) is 0 Å². The van der Waals surface area contributed by atoms with Crippen LogP contribution < -0.4 is 0 Å². The quantitative estimate of drug-likeness (QED) is 0.455. The Kier molecular flexibility index (Phi) is 7.76. The van der Waals surface area contributed by atoms with Crippen molar-refractivity contribution >= 4 is 5.76 Å². The van der Waals surface area contributed by atoms with Gasteiger partial charge in [-0.15, -0.1) is 35.9 Å². The van der Waals surface area contributed by atoms with Crippen LogP contribution in [0.3, 0.4) is 0 Å². The SMILES string of the molecule is C=C(O)c1ccccn1.[Ir].[c-]1ccccc1-c1ccccn1. The summed E-state index contributed by atoms with van der Waals surface area (Å²) in [4.78, 5) is 8.05. The van der Waals surface area contributed by atoms with E-state index >= 15 is 0 Å². The smallest absolute Gasteiger partial charge is 0.134 e. The van der Waals surface area contributed by atoms with Gasteiger partial charge in [0.15, 0.2) is 0 Å². The van der Waals surface area contributed by atoms with Gasteiger partial charge in [0, 0.05) is 32.5 Å². The van der Waals surface area contributed by atoms with E-state index in [1.807, 2.05) is 42.5 Å². The first kappa shape index (κ1) is 17.8. The maximum atomic E-state index is 8.77. The Morgan fingerprint density at radius 1 is 0.909 bits per heavy atom. The van der Waals surface area contributed by atoms with Crippen molar-refractivity contribution in [1.29, 1.82) is 0 Å². The van der Waals surface area contributed by atoms with E-state index in [0.29, 0.717) is 5.69 Å². The number of benzene rings is 1. The summed E-state index contributed by atoms with van der Waals surface area (Å²) in [6, 6.07) is 22.1. The van der Waals surface area contributed by atoms with Gasteiger partial charge in [-0.05, 0) is 23.9 Å². The largest absolute Gasteiger partial charge is 0.506 e. The molecule has 0 amide bonds. The molecule has 3 rings (SSSR count). The van der Waals surface area contributed by atoms with Crippen molar-refractivity contribution in [2.45, 2.75) is 0 Å². The molecule has 113 valence electrons. The number of aliphatic hydroxyl groups excluding tert-OH is 1. The molecule has 0 saturated heterocycles. The van der Waals surface area contributed by atoms with Crippen LogP contribution in [0.4, 0.5) is 0 Å². The fourth-order valence-electron chi connectivity index (χ4n) is 1.61. The number of aliphatic hydroxyl groups is 1. The predicted octanol–water partition coefficient (Wildman–Crippen LogP) is 4.16. The first-order valence-corrected chi connectivity index (χ1v) is 6.45. The molecule has 2 aromatic heterocycles. The number of rotatable bonds is 2. The van der Waals surface area contributed by atoms with E-state index in [0.717, 1.165) is 11.3 Å². The van der Waals surface area contributed by atoms with Crippen LogP contribution in [0, 0.1) is 6.07 Å². The van der Waals surface area contributed by atoms with Gasteiger partial charge in [-0.2, -0.15) is 0 Å². The number of hydrogen-bond acceptors (Lipinski definition) is 3. The molecule has 4 heteroatoms. The Labute approximate surface area is 143 Å². The summed E-state index contributed by atoms with van der Waals surface area (Å²) in [5, 5.41) is 8.77. The van der Waals surface area contributed by atoms with Crippen molar-refractivity contribution in [3.8, 4) is 11.3 Å². The molecule has 0 fully saturated rings. The van der Waals surface area contributed by atoms with Gasteiger partial charge < -0.3 is 10.1 Å². The zero-order valence-corrected chi connectivity index (χ0v) is 14.2. The van der Waals surface area contributed by atoms with Gasteiger partial charge in [-0.1, -0.05) is 24.8 Å². The van der Waals surface area contributed by atoms with E-state index in [1.54, 1.807) is 30.6 Å². The zero-order valence-electron chi connectivity index (χ0n) is 11.8. The van der Waals surface area contributed by atoms with Crippen LogP contribution in [-0.2, 0) is 20.1 Å². The summed E-state index contributed by atoms with van der Waals surface area (Å²) in [6.07, 6.45) is 3.40. The monoisotopic (exact) mass is 468 g/mol. The van der Waals surface area contributed by atoms with Crippen LogP contribution in [0.15, 0.2) is 79.6 Å². The molecule has 2 heterocycles. The third kappa shape index (κ3) is 5.60. The Morgan fingerprint density at radius 3 is 2.05 bits per heavy atom. The summed E-state index contributed by atoms with van der Waals surface area (Å²) in [5.74, 6) is 0.00981. The number of hydrogen-bond donors (Lipinski definition) is 1. The summed E-state index contributed by atoms with van der Waals surface area (Å²) < 4.78 is 0. The molecule has 0 bridgehead atoms. The second kappa shape index (κ2) is 9.61. The van der Waals surface area contributed by atoms with Crippen molar-refractivity contribution in [1.82, 2.24) is 9.97 Å². The van der Waals surface area contributed by atoms with E-state index in [1.165, 1.54) is 0 Å². The van der Waals surface area contributed by atoms with Crippen LogP contribution in [0.2, 0.25) is 0 Å². The number of pyridine rings is 2. The maximum absolute atomic E-state index is 8.77. The van der Waals surface area contributed by atoms with Crippen LogP contribution >= 0.6 is 0 Å². The minimum Gasteiger partial charge on any atom is -0.506 e. The number of nitrogens with zero attached hydrogens (tertiary/aromatic N) is 2. The minimum atomic E-state index is 0. The van der Waals surface area contributed by atoms with Gasteiger partial charge in [0.1, 0.15) is 11.5 Å². The normalized spacial score (nSPS) is 8.91. The van der Waals surface area contributed by atoms with Crippen LogP contribution in [-0.4, -0.2) is 15.1 Å². The van der Waals surface area contributed by atoms with E-state index in [9.17, 15) is 0 Å². The Bertz CT molecular complexity index is 636. The summed E-state index contributed by atoms with van der Waals surface area (Å²) in [6.45, 7) is 3.32. The molecule has 3 nitrogen and oxygen atoms in total. The topological polar surface area (TPSA) is 46.0 Å². The summed E-state index contributed by atoms with van der Waals surface area (Å²) in [5.41, 5.74) is 2.54. The van der Waals surface area contributed by atoms with Gasteiger partial charge in [0.25, 0.3) is 0 Å². The standard InChI is InChI=1S/C11H8N.C7H7NO.Ir/c1-2-6-10(7-3-1)11-8-4-5-9-12-11;1-6(9)7-4-2-3-5-8-7;/h1-6,8-9H;2-5,9H,1H2;/q-1;;. The van der Waals surface area contributed by atoms with E-state index < -0.39 is 0 Å². The first-order chi connectivity index (χ1) is 10.3. The van der Waals surface area contributed by atoms with Crippen LogP contribution in [0.5, 0.6) is 0 Å². The molecular weight excluding hydrogens is 452 g/mol. The molecule has 0 aliphatic rings. The molecule has 0 aliphatic carbocycles. The summed E-state index contributed by atoms with van der Waals surface area (Å²) in [7, 11) is 0. The Balaban J connectivity index is 0.000000219. The molecule has 1 radical (unpaired) electrons. The molecule has 0 spiro atoms. The van der Waals surface area contributed by atoms with Crippen molar-refractivity contribution in [3.05, 3.63) is 91.4 Å². The third-order valence-electron chi connectivity index (χ3n) is 2.61. The molecule has 0 aliphatic heterocycles. The maximum Gasteiger partial charge on any atom is 0.134 e. The van der Waals surface area contributed by atoms with Gasteiger partial charge in [0.2, 0.25) is 0 Å². The fourth-order valence-corrected chi connectivity index (χ4v) is 1.61. The fraction of sp³-hybridized carbons (Fsp3) is 0. The van der Waals surface area contributed by atoms with Crippen LogP contribution in [0.1, 0.15) is 5.69 Å². The Hall–Kier alpha value is -2.29. The molecular formula is C18H15IrN2O-. The minimum absolute atomic E-state index is 0. The van der Waals surface area contributed by atoms with E-state index in [-0.39, 0.29) is 25.9 Å². The average molecular weight is 468 g/mol. The van der Waals surface area contributed by atoms with E-state index in [4.69, 9.17) is 5.11 Å². The molecule has 1 aromatic carbocycles. The first-order valence-electron chi connectivity index (χ1n) is 6.45. The van der Waals surface area contributed by atoms with Crippen molar-refractivity contribution < 1.29 is 25.2 Å². The molecule has 0 saturated carbocycles. The number of aromatic nitrogens is 2. The van der Waals surface area contributed by atoms with Gasteiger partial charge >= 0.3 is 0 Å². The summed E-state index contributed by atoms with van der Waals surface area (Å²) >= 11 is 0. The van der Waals surface area contributed by atoms with Crippen molar-refractivity contribution in [3.63, 3.8) is 0 Å². The van der Waals surface area contributed by atoms with Gasteiger partial charge in [-0.3, -0.25) is 4.98 Å². The Morgan fingerprint density at radius 2 is 1.59 bits per heavy atom.